The Hall–Kier alpha value is -0.0800. The van der Waals surface area contributed by atoms with Crippen molar-refractivity contribution in [2.75, 3.05) is 13.1 Å². The molecule has 2 aliphatic rings. The summed E-state index contributed by atoms with van der Waals surface area (Å²) in [5, 5.41) is 9.52. The molecular formula is C11H21NO. The van der Waals surface area contributed by atoms with Gasteiger partial charge in [-0.25, -0.2) is 0 Å². The van der Waals surface area contributed by atoms with Gasteiger partial charge in [-0.05, 0) is 51.5 Å². The zero-order valence-electron chi connectivity index (χ0n) is 8.79. The highest BCUT2D eigenvalue weighted by Gasteiger charge is 2.46. The fourth-order valence-corrected chi connectivity index (χ4v) is 2.48. The van der Waals surface area contributed by atoms with E-state index in [4.69, 9.17) is 0 Å². The van der Waals surface area contributed by atoms with Gasteiger partial charge in [0.1, 0.15) is 0 Å². The lowest BCUT2D eigenvalue weighted by atomic mass is 9.93. The van der Waals surface area contributed by atoms with Crippen LogP contribution < -0.4 is 0 Å². The van der Waals surface area contributed by atoms with Crippen LogP contribution in [0.5, 0.6) is 0 Å². The van der Waals surface area contributed by atoms with Gasteiger partial charge in [-0.2, -0.15) is 0 Å². The van der Waals surface area contributed by atoms with Gasteiger partial charge in [0.05, 0.1) is 6.10 Å². The first-order valence-electron chi connectivity index (χ1n) is 5.55. The molecule has 1 aliphatic heterocycles. The summed E-state index contributed by atoms with van der Waals surface area (Å²) in [7, 11) is 0. The van der Waals surface area contributed by atoms with Crippen LogP contribution in [0.1, 0.15) is 39.5 Å². The lowest BCUT2D eigenvalue weighted by Crippen LogP contribution is -2.46. The summed E-state index contributed by atoms with van der Waals surface area (Å²) in [6.45, 7) is 6.47. The largest absolute Gasteiger partial charge is 0.392 e. The Morgan fingerprint density at radius 3 is 2.46 bits per heavy atom. The number of aliphatic hydroxyl groups is 1. The number of rotatable bonds is 2. The lowest BCUT2D eigenvalue weighted by molar-refractivity contribution is 0.0382. The summed E-state index contributed by atoms with van der Waals surface area (Å²) in [6, 6.07) is 0.345. The van der Waals surface area contributed by atoms with E-state index in [-0.39, 0.29) is 6.10 Å². The van der Waals surface area contributed by atoms with Gasteiger partial charge in [0, 0.05) is 12.6 Å². The molecule has 1 saturated carbocycles. The van der Waals surface area contributed by atoms with Crippen LogP contribution in [0.25, 0.3) is 0 Å². The van der Waals surface area contributed by atoms with Crippen LogP contribution in [0.4, 0.5) is 0 Å². The van der Waals surface area contributed by atoms with Crippen molar-refractivity contribution >= 4 is 0 Å². The molecule has 13 heavy (non-hydrogen) atoms. The zero-order chi connectivity index (χ0) is 9.47. The molecule has 76 valence electrons. The minimum Gasteiger partial charge on any atom is -0.392 e. The zero-order valence-corrected chi connectivity index (χ0v) is 8.79. The molecule has 2 heteroatoms. The predicted octanol–water partition coefficient (Wildman–Crippen LogP) is 1.63. The fourth-order valence-electron chi connectivity index (χ4n) is 2.48. The first-order chi connectivity index (χ1) is 6.13. The molecule has 1 heterocycles. The van der Waals surface area contributed by atoms with Crippen molar-refractivity contribution in [1.82, 2.24) is 4.90 Å². The third-order valence-corrected chi connectivity index (χ3v) is 3.92. The summed E-state index contributed by atoms with van der Waals surface area (Å²) < 4.78 is 0. The molecule has 2 unspecified atom stereocenters. The van der Waals surface area contributed by atoms with Crippen LogP contribution in [0, 0.1) is 5.41 Å². The van der Waals surface area contributed by atoms with E-state index >= 15 is 0 Å². The van der Waals surface area contributed by atoms with E-state index in [9.17, 15) is 5.11 Å². The number of hydrogen-bond donors (Lipinski definition) is 1. The van der Waals surface area contributed by atoms with E-state index in [1.807, 2.05) is 6.92 Å². The van der Waals surface area contributed by atoms with Crippen molar-refractivity contribution in [2.24, 2.45) is 5.41 Å². The van der Waals surface area contributed by atoms with Crippen LogP contribution in [0.15, 0.2) is 0 Å². The van der Waals surface area contributed by atoms with Crippen LogP contribution in [0.3, 0.4) is 0 Å². The third-order valence-electron chi connectivity index (χ3n) is 3.92. The quantitative estimate of drug-likeness (QED) is 0.703. The van der Waals surface area contributed by atoms with Crippen LogP contribution >= 0.6 is 0 Å². The van der Waals surface area contributed by atoms with Crippen molar-refractivity contribution in [1.29, 1.82) is 0 Å². The van der Waals surface area contributed by atoms with Gasteiger partial charge in [0.2, 0.25) is 0 Å². The number of aliphatic hydroxyl groups excluding tert-OH is 1. The highest BCUT2D eigenvalue weighted by molar-refractivity contribution is 4.99. The van der Waals surface area contributed by atoms with E-state index in [0.717, 1.165) is 0 Å². The van der Waals surface area contributed by atoms with Crippen LogP contribution in [-0.4, -0.2) is 35.2 Å². The first kappa shape index (κ1) is 9.47. The predicted molar refractivity (Wildman–Crippen MR) is 53.6 cm³/mol. The van der Waals surface area contributed by atoms with Crippen molar-refractivity contribution in [3.05, 3.63) is 0 Å². The first-order valence-corrected chi connectivity index (χ1v) is 5.55. The van der Waals surface area contributed by atoms with Gasteiger partial charge in [-0.3, -0.25) is 4.90 Å². The van der Waals surface area contributed by atoms with Gasteiger partial charge in [0.25, 0.3) is 0 Å². The van der Waals surface area contributed by atoms with E-state index in [1.165, 1.54) is 38.8 Å². The molecule has 1 spiro atoms. The Labute approximate surface area is 80.9 Å². The minimum absolute atomic E-state index is 0.186. The Morgan fingerprint density at radius 1 is 1.23 bits per heavy atom. The third kappa shape index (κ3) is 1.89. The molecule has 0 aromatic heterocycles. The second kappa shape index (κ2) is 3.25. The molecule has 2 atom stereocenters. The number of piperidine rings is 1. The average Bonchev–Trinajstić information content (AvgIpc) is 2.83. The Balaban J connectivity index is 1.92. The average molecular weight is 183 g/mol. The standard InChI is InChI=1S/C11H21NO/c1-9(10(2)13)12-7-3-4-11(8-12)5-6-11/h9-10,13H,3-8H2,1-2H3. The highest BCUT2D eigenvalue weighted by Crippen LogP contribution is 2.52. The Morgan fingerprint density at radius 2 is 1.92 bits per heavy atom. The van der Waals surface area contributed by atoms with E-state index < -0.39 is 0 Å². The summed E-state index contributed by atoms with van der Waals surface area (Å²) in [5.74, 6) is 0. The van der Waals surface area contributed by atoms with Crippen molar-refractivity contribution in [3.8, 4) is 0 Å². The summed E-state index contributed by atoms with van der Waals surface area (Å²) in [5.41, 5.74) is 0.682. The van der Waals surface area contributed by atoms with Gasteiger partial charge >= 0.3 is 0 Å². The second-order valence-corrected chi connectivity index (χ2v) is 5.06. The van der Waals surface area contributed by atoms with E-state index in [2.05, 4.69) is 11.8 Å². The molecular weight excluding hydrogens is 162 g/mol. The number of nitrogens with zero attached hydrogens (tertiary/aromatic N) is 1. The lowest BCUT2D eigenvalue weighted by Gasteiger charge is -2.38. The molecule has 2 rings (SSSR count). The molecule has 0 radical (unpaired) electrons. The molecule has 2 fully saturated rings. The Bertz CT molecular complexity index is 187. The number of likely N-dealkylation sites (tertiary alicyclic amines) is 1. The smallest absolute Gasteiger partial charge is 0.0664 e. The number of hydrogen-bond acceptors (Lipinski definition) is 2. The summed E-state index contributed by atoms with van der Waals surface area (Å²) in [6.07, 6.45) is 5.42. The topological polar surface area (TPSA) is 23.5 Å². The maximum Gasteiger partial charge on any atom is 0.0664 e. The normalized spacial score (nSPS) is 31.6. The van der Waals surface area contributed by atoms with Gasteiger partial charge in [-0.1, -0.05) is 0 Å². The van der Waals surface area contributed by atoms with Gasteiger partial charge in [-0.15, -0.1) is 0 Å². The van der Waals surface area contributed by atoms with E-state index in [0.29, 0.717) is 11.5 Å². The molecule has 0 aromatic rings. The molecule has 1 saturated heterocycles. The maximum atomic E-state index is 9.52. The summed E-state index contributed by atoms with van der Waals surface area (Å²) >= 11 is 0. The summed E-state index contributed by atoms with van der Waals surface area (Å²) in [4.78, 5) is 2.47. The molecule has 0 bridgehead atoms. The van der Waals surface area contributed by atoms with Crippen LogP contribution in [-0.2, 0) is 0 Å². The molecule has 1 N–H and O–H groups in total. The monoisotopic (exact) mass is 183 g/mol. The van der Waals surface area contributed by atoms with Crippen LogP contribution in [0.2, 0.25) is 0 Å². The van der Waals surface area contributed by atoms with Gasteiger partial charge in [0.15, 0.2) is 0 Å². The van der Waals surface area contributed by atoms with Crippen molar-refractivity contribution in [2.45, 2.75) is 51.7 Å². The Kier molecular flexibility index (Phi) is 2.37. The maximum absolute atomic E-state index is 9.52. The SMILES string of the molecule is CC(O)C(C)N1CCCC2(CC2)C1. The fraction of sp³-hybridized carbons (Fsp3) is 1.00. The molecule has 2 nitrogen and oxygen atoms in total. The highest BCUT2D eigenvalue weighted by atomic mass is 16.3. The molecule has 0 aromatic carbocycles. The van der Waals surface area contributed by atoms with E-state index in [1.54, 1.807) is 0 Å². The molecule has 1 aliphatic carbocycles. The van der Waals surface area contributed by atoms with Crippen molar-refractivity contribution < 1.29 is 5.11 Å². The minimum atomic E-state index is -0.186. The van der Waals surface area contributed by atoms with Crippen molar-refractivity contribution in [3.63, 3.8) is 0 Å². The van der Waals surface area contributed by atoms with Gasteiger partial charge < -0.3 is 5.11 Å². The second-order valence-electron chi connectivity index (χ2n) is 5.06. The molecule has 0 amide bonds.